The van der Waals surface area contributed by atoms with E-state index >= 15 is 0 Å². The summed E-state index contributed by atoms with van der Waals surface area (Å²) in [5, 5.41) is 24.8. The number of hydrazine groups is 1. The largest absolute Gasteiger partial charge is 0.507 e. The van der Waals surface area contributed by atoms with E-state index in [1.165, 1.54) is 12.3 Å². The van der Waals surface area contributed by atoms with Crippen LogP contribution in [0.4, 0.5) is 11.4 Å². The van der Waals surface area contributed by atoms with Gasteiger partial charge in [0.25, 0.3) is 5.91 Å². The van der Waals surface area contributed by atoms with Gasteiger partial charge in [-0.3, -0.25) is 10.2 Å². The van der Waals surface area contributed by atoms with E-state index in [2.05, 4.69) is 31.6 Å². The van der Waals surface area contributed by atoms with E-state index in [0.29, 0.717) is 17.7 Å². The Hall–Kier alpha value is -3.62. The highest BCUT2D eigenvalue weighted by atomic mass is 16.3. The van der Waals surface area contributed by atoms with Gasteiger partial charge >= 0.3 is 0 Å². The number of nitrogens with zero attached hydrogens (tertiary/aromatic N) is 3. The molecule has 0 spiro atoms. The maximum absolute atomic E-state index is 12.1. The highest BCUT2D eigenvalue weighted by molar-refractivity contribution is 5.92. The Kier molecular flexibility index (Phi) is 5.78. The van der Waals surface area contributed by atoms with Gasteiger partial charge in [0, 0.05) is 17.0 Å². The van der Waals surface area contributed by atoms with Crippen LogP contribution in [0.25, 0.3) is 10.8 Å². The Morgan fingerprint density at radius 1 is 1.10 bits per heavy atom. The topological polar surface area (TPSA) is 110 Å². The Morgan fingerprint density at radius 3 is 2.77 bits per heavy atom. The van der Waals surface area contributed by atoms with Crippen LogP contribution in [-0.2, 0) is 4.79 Å². The Bertz CT molecular complexity index is 1120. The number of hydrazone groups is 1. The van der Waals surface area contributed by atoms with E-state index < -0.39 is 0 Å². The second-order valence-electron chi connectivity index (χ2n) is 7.15. The zero-order valence-corrected chi connectivity index (χ0v) is 16.4. The second-order valence-corrected chi connectivity index (χ2v) is 7.15. The van der Waals surface area contributed by atoms with Crippen molar-refractivity contribution >= 4 is 34.3 Å². The Balaban J connectivity index is 1.47. The lowest BCUT2D eigenvalue weighted by Crippen LogP contribution is -2.41. The average molecular weight is 402 g/mol. The van der Waals surface area contributed by atoms with Crippen molar-refractivity contribution in [2.24, 2.45) is 15.3 Å². The van der Waals surface area contributed by atoms with Crippen molar-refractivity contribution in [3.05, 3.63) is 66.2 Å². The Labute approximate surface area is 173 Å². The quantitative estimate of drug-likeness (QED) is 0.296. The van der Waals surface area contributed by atoms with E-state index in [1.807, 2.05) is 49.4 Å². The van der Waals surface area contributed by atoms with Crippen LogP contribution in [0.2, 0.25) is 0 Å². The normalized spacial score (nSPS) is 19.1. The average Bonchev–Trinajstić information content (AvgIpc) is 3.20. The van der Waals surface area contributed by atoms with Crippen molar-refractivity contribution in [2.45, 2.75) is 25.4 Å². The van der Waals surface area contributed by atoms with Crippen LogP contribution in [0.5, 0.6) is 5.75 Å². The zero-order valence-electron chi connectivity index (χ0n) is 16.4. The summed E-state index contributed by atoms with van der Waals surface area (Å²) in [5.74, 6) is -0.208. The molecule has 2 unspecified atom stereocenters. The number of hydrogen-bond acceptors (Lipinski definition) is 7. The molecule has 0 saturated carbocycles. The number of rotatable bonds is 5. The molecule has 30 heavy (non-hydrogen) atoms. The summed E-state index contributed by atoms with van der Waals surface area (Å²) < 4.78 is 0. The van der Waals surface area contributed by atoms with Crippen molar-refractivity contribution in [3.8, 4) is 5.75 Å². The van der Waals surface area contributed by atoms with Crippen LogP contribution < -0.4 is 16.3 Å². The molecule has 0 radical (unpaired) electrons. The number of aromatic hydroxyl groups is 1. The number of carbonyl (C=O) groups excluding carboxylic acids is 1. The predicted octanol–water partition coefficient (Wildman–Crippen LogP) is 3.67. The minimum atomic E-state index is -0.341. The van der Waals surface area contributed by atoms with Gasteiger partial charge in [0.1, 0.15) is 11.8 Å². The van der Waals surface area contributed by atoms with Crippen molar-refractivity contribution in [1.82, 2.24) is 16.3 Å². The fourth-order valence-electron chi connectivity index (χ4n) is 3.24. The SMILES string of the molecule is CC1CC(C(=O)N/N=C/c2cc(N=Nc3cccc4ccccc34)ccc2O)NN1. The van der Waals surface area contributed by atoms with Gasteiger partial charge in [0.2, 0.25) is 0 Å². The van der Waals surface area contributed by atoms with Crippen LogP contribution in [0.1, 0.15) is 18.9 Å². The van der Waals surface area contributed by atoms with E-state index in [9.17, 15) is 9.90 Å². The third-order valence-electron chi connectivity index (χ3n) is 4.84. The van der Waals surface area contributed by atoms with E-state index in [1.54, 1.807) is 12.1 Å². The van der Waals surface area contributed by atoms with Crippen molar-refractivity contribution < 1.29 is 9.90 Å². The molecule has 1 amide bonds. The molecule has 152 valence electrons. The van der Waals surface area contributed by atoms with Crippen LogP contribution in [-0.4, -0.2) is 29.3 Å². The molecule has 3 aromatic carbocycles. The van der Waals surface area contributed by atoms with Gasteiger partial charge < -0.3 is 5.11 Å². The fourth-order valence-corrected chi connectivity index (χ4v) is 3.24. The lowest BCUT2D eigenvalue weighted by Gasteiger charge is -2.06. The first-order valence-corrected chi connectivity index (χ1v) is 9.66. The Morgan fingerprint density at radius 2 is 1.93 bits per heavy atom. The van der Waals surface area contributed by atoms with E-state index in [4.69, 9.17) is 0 Å². The lowest BCUT2D eigenvalue weighted by molar-refractivity contribution is -0.122. The standard InChI is InChI=1S/C22H22N6O2/c1-14-11-20(27-24-14)22(30)28-23-13-16-12-17(9-10-21(16)29)25-26-19-8-4-6-15-5-2-3-7-18(15)19/h2-10,12-14,20,24,27,29H,11H2,1H3,(H,28,30)/b23-13+,26-25?. The number of amides is 1. The van der Waals surface area contributed by atoms with E-state index in [0.717, 1.165) is 16.5 Å². The van der Waals surface area contributed by atoms with Crippen molar-refractivity contribution in [2.75, 3.05) is 0 Å². The maximum Gasteiger partial charge on any atom is 0.258 e. The first kappa shape index (κ1) is 19.7. The smallest absolute Gasteiger partial charge is 0.258 e. The first-order chi connectivity index (χ1) is 14.6. The molecule has 0 aromatic heterocycles. The van der Waals surface area contributed by atoms with Gasteiger partial charge in [0.15, 0.2) is 0 Å². The summed E-state index contributed by atoms with van der Waals surface area (Å²) in [5.41, 5.74) is 10.1. The van der Waals surface area contributed by atoms with Crippen LogP contribution >= 0.6 is 0 Å². The van der Waals surface area contributed by atoms with Crippen LogP contribution in [0.3, 0.4) is 0 Å². The van der Waals surface area contributed by atoms with Gasteiger partial charge in [-0.2, -0.15) is 10.2 Å². The van der Waals surface area contributed by atoms with Gasteiger partial charge in [-0.25, -0.2) is 10.9 Å². The highest BCUT2D eigenvalue weighted by Crippen LogP contribution is 2.28. The minimum Gasteiger partial charge on any atom is -0.507 e. The monoisotopic (exact) mass is 402 g/mol. The summed E-state index contributed by atoms with van der Waals surface area (Å²) in [7, 11) is 0. The number of phenols is 1. The molecule has 1 fully saturated rings. The molecule has 0 aliphatic carbocycles. The summed E-state index contributed by atoms with van der Waals surface area (Å²) in [6.07, 6.45) is 2.06. The molecule has 1 aliphatic heterocycles. The van der Waals surface area contributed by atoms with Crippen molar-refractivity contribution in [1.29, 1.82) is 0 Å². The maximum atomic E-state index is 12.1. The van der Waals surface area contributed by atoms with Gasteiger partial charge in [-0.05, 0) is 43.0 Å². The molecule has 0 bridgehead atoms. The van der Waals surface area contributed by atoms with Crippen molar-refractivity contribution in [3.63, 3.8) is 0 Å². The summed E-state index contributed by atoms with van der Waals surface area (Å²) in [4.78, 5) is 12.1. The fraction of sp³-hybridized carbons (Fsp3) is 0.182. The number of phenolic OH excluding ortho intramolecular Hbond substituents is 1. The molecule has 1 saturated heterocycles. The van der Waals surface area contributed by atoms with Crippen LogP contribution in [0.15, 0.2) is 76.0 Å². The molecular formula is C22H22N6O2. The summed E-state index contributed by atoms with van der Waals surface area (Å²) >= 11 is 0. The summed E-state index contributed by atoms with van der Waals surface area (Å²) in [6, 6.07) is 18.5. The summed E-state index contributed by atoms with van der Waals surface area (Å²) in [6.45, 7) is 1.99. The number of azo groups is 1. The molecule has 1 aliphatic rings. The second kappa shape index (κ2) is 8.81. The molecule has 8 heteroatoms. The van der Waals surface area contributed by atoms with Gasteiger partial charge in [-0.1, -0.05) is 36.4 Å². The minimum absolute atomic E-state index is 0.0337. The lowest BCUT2D eigenvalue weighted by atomic mass is 10.1. The van der Waals surface area contributed by atoms with E-state index in [-0.39, 0.29) is 23.7 Å². The molecule has 8 nitrogen and oxygen atoms in total. The zero-order chi connectivity index (χ0) is 20.9. The third-order valence-corrected chi connectivity index (χ3v) is 4.84. The number of carbonyl (C=O) groups is 1. The molecule has 4 N–H and O–H groups in total. The molecule has 4 rings (SSSR count). The van der Waals surface area contributed by atoms with Gasteiger partial charge in [-0.15, -0.1) is 5.11 Å². The number of nitrogens with one attached hydrogen (secondary N) is 3. The third kappa shape index (κ3) is 4.51. The highest BCUT2D eigenvalue weighted by Gasteiger charge is 2.26. The first-order valence-electron chi connectivity index (χ1n) is 9.66. The molecule has 2 atom stereocenters. The number of benzene rings is 3. The predicted molar refractivity (Wildman–Crippen MR) is 116 cm³/mol. The van der Waals surface area contributed by atoms with Gasteiger partial charge in [0.05, 0.1) is 17.6 Å². The molecule has 1 heterocycles. The molecule has 3 aromatic rings. The molecular weight excluding hydrogens is 380 g/mol. The number of hydrogen-bond donors (Lipinski definition) is 4. The number of fused-ring (bicyclic) bond motifs is 1. The van der Waals surface area contributed by atoms with Crippen LogP contribution in [0, 0.1) is 0 Å².